The fourth-order valence-corrected chi connectivity index (χ4v) is 3.47. The Morgan fingerprint density at radius 1 is 1.12 bits per heavy atom. The summed E-state index contributed by atoms with van der Waals surface area (Å²) < 4.78 is 0. The molecule has 1 N–H and O–H groups in total. The van der Waals surface area contributed by atoms with E-state index in [0.29, 0.717) is 32.6 Å². The first-order chi connectivity index (χ1) is 11.7. The monoisotopic (exact) mass is 326 g/mol. The Bertz CT molecular complexity index is 757. The van der Waals surface area contributed by atoms with Gasteiger partial charge in [-0.1, -0.05) is 12.5 Å². The molecule has 2 fully saturated rings. The molecule has 1 saturated heterocycles. The molecule has 2 heterocycles. The van der Waals surface area contributed by atoms with Crippen LogP contribution in [0, 0.1) is 5.92 Å². The second-order valence-corrected chi connectivity index (χ2v) is 6.76. The molecule has 1 aromatic heterocycles. The maximum absolute atomic E-state index is 12.5. The third-order valence-electron chi connectivity index (χ3n) is 5.24. The first kappa shape index (κ1) is 15.2. The molecule has 2 aliphatic rings. The van der Waals surface area contributed by atoms with Crippen LogP contribution in [0.5, 0.6) is 0 Å². The topological polar surface area (TPSA) is 69.3 Å². The number of aromatic nitrogens is 2. The molecule has 0 bridgehead atoms. The third-order valence-corrected chi connectivity index (χ3v) is 5.24. The van der Waals surface area contributed by atoms with Crippen molar-refractivity contribution in [1.82, 2.24) is 19.8 Å². The zero-order chi connectivity index (χ0) is 16.5. The van der Waals surface area contributed by atoms with Gasteiger partial charge in [0.15, 0.2) is 0 Å². The fourth-order valence-electron chi connectivity index (χ4n) is 3.47. The molecule has 2 amide bonds. The largest absolute Gasteiger partial charge is 0.345 e. The van der Waals surface area contributed by atoms with E-state index in [2.05, 4.69) is 9.97 Å². The molecular formula is C18H22N4O2. The van der Waals surface area contributed by atoms with E-state index in [9.17, 15) is 9.59 Å². The first-order valence-electron chi connectivity index (χ1n) is 8.69. The predicted molar refractivity (Wildman–Crippen MR) is 90.3 cm³/mol. The first-order valence-corrected chi connectivity index (χ1v) is 8.69. The summed E-state index contributed by atoms with van der Waals surface area (Å²) in [5.74, 6) is 0.663. The highest BCUT2D eigenvalue weighted by atomic mass is 16.2. The number of hydrogen-bond acceptors (Lipinski definition) is 3. The summed E-state index contributed by atoms with van der Waals surface area (Å²) in [5, 5.41) is 0. The van der Waals surface area contributed by atoms with Crippen molar-refractivity contribution in [3.63, 3.8) is 0 Å². The molecule has 2 aromatic rings. The van der Waals surface area contributed by atoms with Crippen molar-refractivity contribution in [2.75, 3.05) is 26.2 Å². The number of imidazole rings is 1. The number of carbonyl (C=O) groups excluding carboxylic acids is 2. The summed E-state index contributed by atoms with van der Waals surface area (Å²) in [6.07, 6.45) is 5.30. The Morgan fingerprint density at radius 3 is 2.58 bits per heavy atom. The van der Waals surface area contributed by atoms with Crippen LogP contribution < -0.4 is 0 Å². The van der Waals surface area contributed by atoms with Crippen LogP contribution >= 0.6 is 0 Å². The molecule has 0 unspecified atom stereocenters. The maximum Gasteiger partial charge on any atom is 0.227 e. The second kappa shape index (κ2) is 6.26. The minimum absolute atomic E-state index is 0.129. The van der Waals surface area contributed by atoms with Crippen LogP contribution in [0.1, 0.15) is 24.8 Å². The van der Waals surface area contributed by atoms with Gasteiger partial charge >= 0.3 is 0 Å². The summed E-state index contributed by atoms with van der Waals surface area (Å²) in [4.78, 5) is 35.9. The van der Waals surface area contributed by atoms with Crippen LogP contribution in [0.2, 0.25) is 0 Å². The van der Waals surface area contributed by atoms with Crippen molar-refractivity contribution in [2.45, 2.75) is 25.7 Å². The van der Waals surface area contributed by atoms with Gasteiger partial charge in [-0.2, -0.15) is 0 Å². The van der Waals surface area contributed by atoms with Gasteiger partial charge in [0.1, 0.15) is 0 Å². The van der Waals surface area contributed by atoms with E-state index < -0.39 is 0 Å². The van der Waals surface area contributed by atoms with E-state index in [1.54, 1.807) is 6.33 Å². The summed E-state index contributed by atoms with van der Waals surface area (Å²) in [5.41, 5.74) is 2.86. The van der Waals surface area contributed by atoms with Crippen LogP contribution in [-0.2, 0) is 16.0 Å². The lowest BCUT2D eigenvalue weighted by atomic mass is 9.84. The van der Waals surface area contributed by atoms with Gasteiger partial charge in [0.2, 0.25) is 11.8 Å². The number of benzene rings is 1. The number of amides is 2. The van der Waals surface area contributed by atoms with Gasteiger partial charge in [0.25, 0.3) is 0 Å². The van der Waals surface area contributed by atoms with Crippen molar-refractivity contribution in [3.8, 4) is 0 Å². The number of nitrogens with one attached hydrogen (secondary N) is 1. The van der Waals surface area contributed by atoms with Crippen LogP contribution in [-0.4, -0.2) is 57.8 Å². The van der Waals surface area contributed by atoms with E-state index in [1.165, 1.54) is 6.42 Å². The third kappa shape index (κ3) is 2.88. The molecule has 6 heteroatoms. The Kier molecular flexibility index (Phi) is 3.96. The lowest BCUT2D eigenvalue weighted by molar-refractivity contribution is -0.143. The van der Waals surface area contributed by atoms with Crippen molar-refractivity contribution in [3.05, 3.63) is 30.1 Å². The van der Waals surface area contributed by atoms with Crippen molar-refractivity contribution in [2.24, 2.45) is 5.92 Å². The summed E-state index contributed by atoms with van der Waals surface area (Å²) >= 11 is 0. The number of carbonyl (C=O) groups is 2. The Morgan fingerprint density at radius 2 is 1.88 bits per heavy atom. The molecule has 0 radical (unpaired) electrons. The van der Waals surface area contributed by atoms with Gasteiger partial charge < -0.3 is 14.8 Å². The van der Waals surface area contributed by atoms with Gasteiger partial charge in [0, 0.05) is 32.1 Å². The molecule has 24 heavy (non-hydrogen) atoms. The number of rotatable bonds is 3. The highest BCUT2D eigenvalue weighted by molar-refractivity contribution is 5.83. The average molecular weight is 326 g/mol. The molecule has 4 rings (SSSR count). The molecule has 1 saturated carbocycles. The van der Waals surface area contributed by atoms with Gasteiger partial charge in [0.05, 0.1) is 23.8 Å². The van der Waals surface area contributed by atoms with Gasteiger partial charge in [-0.05, 0) is 30.5 Å². The Balaban J connectivity index is 1.33. The average Bonchev–Trinajstić information content (AvgIpc) is 3.01. The summed E-state index contributed by atoms with van der Waals surface area (Å²) in [7, 11) is 0. The minimum Gasteiger partial charge on any atom is -0.345 e. The summed E-state index contributed by atoms with van der Waals surface area (Å²) in [6, 6.07) is 5.87. The zero-order valence-electron chi connectivity index (χ0n) is 13.7. The molecule has 1 aliphatic heterocycles. The van der Waals surface area contributed by atoms with Crippen molar-refractivity contribution in [1.29, 1.82) is 0 Å². The molecule has 1 aromatic carbocycles. The highest BCUT2D eigenvalue weighted by Gasteiger charge is 2.31. The van der Waals surface area contributed by atoms with Gasteiger partial charge in [-0.25, -0.2) is 4.98 Å². The number of hydrogen-bond donors (Lipinski definition) is 1. The molecule has 0 atom stereocenters. The summed E-state index contributed by atoms with van der Waals surface area (Å²) in [6.45, 7) is 2.62. The minimum atomic E-state index is 0.129. The number of aromatic amines is 1. The van der Waals surface area contributed by atoms with E-state index in [1.807, 2.05) is 28.0 Å². The van der Waals surface area contributed by atoms with E-state index in [0.717, 1.165) is 29.4 Å². The zero-order valence-corrected chi connectivity index (χ0v) is 13.7. The lowest BCUT2D eigenvalue weighted by Gasteiger charge is -2.38. The SMILES string of the molecule is O=C(Cc1ccc2nc[nH]c2c1)N1CCN(C(=O)C2CCC2)CC1. The molecular weight excluding hydrogens is 304 g/mol. The molecule has 0 spiro atoms. The van der Waals surface area contributed by atoms with Crippen molar-refractivity contribution < 1.29 is 9.59 Å². The Labute approximate surface area is 140 Å². The second-order valence-electron chi connectivity index (χ2n) is 6.76. The van der Waals surface area contributed by atoms with Crippen molar-refractivity contribution >= 4 is 22.8 Å². The van der Waals surface area contributed by atoms with E-state index in [4.69, 9.17) is 0 Å². The van der Waals surface area contributed by atoms with Crippen LogP contribution in [0.3, 0.4) is 0 Å². The normalized spacial score (nSPS) is 18.7. The standard InChI is InChI=1S/C18H22N4O2/c23-17(11-13-4-5-15-16(10-13)20-12-19-15)21-6-8-22(9-7-21)18(24)14-2-1-3-14/h4-5,10,12,14H,1-3,6-9,11H2,(H,19,20). The van der Waals surface area contributed by atoms with Crippen LogP contribution in [0.15, 0.2) is 24.5 Å². The lowest BCUT2D eigenvalue weighted by Crippen LogP contribution is -2.52. The predicted octanol–water partition coefficient (Wildman–Crippen LogP) is 1.58. The Hall–Kier alpha value is -2.37. The smallest absolute Gasteiger partial charge is 0.227 e. The fraction of sp³-hybridized carbons (Fsp3) is 0.500. The highest BCUT2D eigenvalue weighted by Crippen LogP contribution is 2.28. The molecule has 1 aliphatic carbocycles. The number of H-pyrrole nitrogens is 1. The van der Waals surface area contributed by atoms with E-state index >= 15 is 0 Å². The van der Waals surface area contributed by atoms with Crippen LogP contribution in [0.4, 0.5) is 0 Å². The number of nitrogens with zero attached hydrogens (tertiary/aromatic N) is 3. The van der Waals surface area contributed by atoms with Crippen LogP contribution in [0.25, 0.3) is 11.0 Å². The number of fused-ring (bicyclic) bond motifs is 1. The maximum atomic E-state index is 12.5. The van der Waals surface area contributed by atoms with Gasteiger partial charge in [-0.15, -0.1) is 0 Å². The van der Waals surface area contributed by atoms with E-state index in [-0.39, 0.29) is 17.7 Å². The van der Waals surface area contributed by atoms with Gasteiger partial charge in [-0.3, -0.25) is 9.59 Å². The molecule has 126 valence electrons. The number of piperazine rings is 1. The molecule has 6 nitrogen and oxygen atoms in total. The quantitative estimate of drug-likeness (QED) is 0.931.